The summed E-state index contributed by atoms with van der Waals surface area (Å²) in [5.74, 6) is 5.37. The molecule has 84 valence electrons. The van der Waals surface area contributed by atoms with Crippen molar-refractivity contribution < 1.29 is 4.79 Å². The highest BCUT2D eigenvalue weighted by molar-refractivity contribution is 9.10. The molecule has 0 atom stereocenters. The SMILES string of the molecule is CC#CCCNC(=O)c1cc(Br)cnc1Cl. The van der Waals surface area contributed by atoms with Crippen LogP contribution in [0, 0.1) is 11.8 Å². The van der Waals surface area contributed by atoms with Gasteiger partial charge in [-0.1, -0.05) is 11.6 Å². The molecule has 0 aromatic carbocycles. The number of halogens is 2. The standard InChI is InChI=1S/C11H10BrClN2O/c1-2-3-4-5-14-11(16)9-6-8(12)7-15-10(9)13/h6-7H,4-5H2,1H3,(H,14,16). The number of rotatable bonds is 3. The summed E-state index contributed by atoms with van der Waals surface area (Å²) in [4.78, 5) is 15.6. The largest absolute Gasteiger partial charge is 0.351 e. The highest BCUT2D eigenvalue weighted by atomic mass is 79.9. The van der Waals surface area contributed by atoms with Gasteiger partial charge in [-0.3, -0.25) is 4.79 Å². The van der Waals surface area contributed by atoms with E-state index in [0.29, 0.717) is 18.5 Å². The zero-order valence-electron chi connectivity index (χ0n) is 8.68. The summed E-state index contributed by atoms with van der Waals surface area (Å²) in [6.45, 7) is 2.26. The van der Waals surface area contributed by atoms with Crippen LogP contribution >= 0.6 is 27.5 Å². The second-order valence-corrected chi connectivity index (χ2v) is 4.20. The van der Waals surface area contributed by atoms with Crippen molar-refractivity contribution in [3.8, 4) is 11.8 Å². The third-order valence-corrected chi connectivity index (χ3v) is 2.50. The van der Waals surface area contributed by atoms with Gasteiger partial charge in [0.1, 0.15) is 5.15 Å². The van der Waals surface area contributed by atoms with Crippen molar-refractivity contribution in [3.05, 3.63) is 27.5 Å². The van der Waals surface area contributed by atoms with E-state index in [1.165, 1.54) is 0 Å². The third kappa shape index (κ3) is 3.84. The summed E-state index contributed by atoms with van der Waals surface area (Å²) >= 11 is 9.04. The number of nitrogens with one attached hydrogen (secondary N) is 1. The van der Waals surface area contributed by atoms with E-state index in [-0.39, 0.29) is 11.1 Å². The number of carbonyl (C=O) groups excluding carboxylic acids is 1. The van der Waals surface area contributed by atoms with E-state index < -0.39 is 0 Å². The second kappa shape index (κ2) is 6.51. The van der Waals surface area contributed by atoms with Crippen LogP contribution in [0.4, 0.5) is 0 Å². The zero-order chi connectivity index (χ0) is 12.0. The van der Waals surface area contributed by atoms with Gasteiger partial charge in [-0.05, 0) is 28.9 Å². The van der Waals surface area contributed by atoms with Crippen LogP contribution in [0.1, 0.15) is 23.7 Å². The number of amides is 1. The van der Waals surface area contributed by atoms with E-state index in [2.05, 4.69) is 38.1 Å². The minimum atomic E-state index is -0.239. The number of nitrogens with zero attached hydrogens (tertiary/aromatic N) is 1. The topological polar surface area (TPSA) is 42.0 Å². The lowest BCUT2D eigenvalue weighted by Crippen LogP contribution is -2.24. The highest BCUT2D eigenvalue weighted by Crippen LogP contribution is 2.17. The lowest BCUT2D eigenvalue weighted by Gasteiger charge is -2.04. The fourth-order valence-corrected chi connectivity index (χ4v) is 1.56. The minimum Gasteiger partial charge on any atom is -0.351 e. The summed E-state index contributed by atoms with van der Waals surface area (Å²) in [5.41, 5.74) is 0.362. The Morgan fingerprint density at radius 1 is 1.69 bits per heavy atom. The summed E-state index contributed by atoms with van der Waals surface area (Å²) < 4.78 is 0.718. The Hall–Kier alpha value is -1.05. The lowest BCUT2D eigenvalue weighted by molar-refractivity contribution is 0.0954. The molecule has 0 saturated carbocycles. The number of hydrogen-bond donors (Lipinski definition) is 1. The Morgan fingerprint density at radius 3 is 3.12 bits per heavy atom. The first kappa shape index (κ1) is 13.0. The molecule has 0 aliphatic carbocycles. The molecule has 1 aromatic rings. The van der Waals surface area contributed by atoms with Gasteiger partial charge in [0.15, 0.2) is 0 Å². The van der Waals surface area contributed by atoms with Gasteiger partial charge in [-0.15, -0.1) is 11.8 Å². The molecule has 0 bridgehead atoms. The van der Waals surface area contributed by atoms with Crippen LogP contribution in [0.25, 0.3) is 0 Å². The van der Waals surface area contributed by atoms with Gasteiger partial charge in [-0.2, -0.15) is 0 Å². The summed E-state index contributed by atoms with van der Waals surface area (Å²) in [7, 11) is 0. The molecule has 0 unspecified atom stereocenters. The fourth-order valence-electron chi connectivity index (χ4n) is 1.04. The molecule has 1 rings (SSSR count). The average molecular weight is 302 g/mol. The number of aromatic nitrogens is 1. The molecule has 1 heterocycles. The first-order valence-corrected chi connectivity index (χ1v) is 5.81. The Bertz CT molecular complexity index is 451. The molecule has 0 aliphatic rings. The van der Waals surface area contributed by atoms with Gasteiger partial charge in [0.05, 0.1) is 5.56 Å². The molecule has 16 heavy (non-hydrogen) atoms. The Labute approximate surface area is 108 Å². The van der Waals surface area contributed by atoms with Gasteiger partial charge in [-0.25, -0.2) is 4.98 Å². The second-order valence-electron chi connectivity index (χ2n) is 2.92. The van der Waals surface area contributed by atoms with E-state index in [1.807, 2.05) is 0 Å². The molecule has 0 saturated heterocycles. The van der Waals surface area contributed by atoms with E-state index in [0.717, 1.165) is 4.47 Å². The monoisotopic (exact) mass is 300 g/mol. The van der Waals surface area contributed by atoms with Crippen LogP contribution in [0.15, 0.2) is 16.7 Å². The number of hydrogen-bond acceptors (Lipinski definition) is 2. The van der Waals surface area contributed by atoms with Crippen LogP contribution in [0.5, 0.6) is 0 Å². The molecule has 3 nitrogen and oxygen atoms in total. The Kier molecular flexibility index (Phi) is 5.30. The van der Waals surface area contributed by atoms with Crippen LogP contribution in [-0.4, -0.2) is 17.4 Å². The molecule has 1 N–H and O–H groups in total. The van der Waals surface area contributed by atoms with E-state index in [9.17, 15) is 4.79 Å². The molecule has 5 heteroatoms. The first-order chi connectivity index (χ1) is 7.65. The summed E-state index contributed by atoms with van der Waals surface area (Å²) in [6.07, 6.45) is 2.17. The zero-order valence-corrected chi connectivity index (χ0v) is 11.0. The van der Waals surface area contributed by atoms with Crippen molar-refractivity contribution >= 4 is 33.4 Å². The van der Waals surface area contributed by atoms with Crippen LogP contribution in [-0.2, 0) is 0 Å². The Balaban J connectivity index is 2.64. The molecule has 0 spiro atoms. The molecule has 0 aliphatic heterocycles. The van der Waals surface area contributed by atoms with Gasteiger partial charge in [0, 0.05) is 23.6 Å². The van der Waals surface area contributed by atoms with E-state index in [4.69, 9.17) is 11.6 Å². The quantitative estimate of drug-likeness (QED) is 0.530. The maximum atomic E-state index is 11.7. The fraction of sp³-hybridized carbons (Fsp3) is 0.273. The van der Waals surface area contributed by atoms with Crippen LogP contribution < -0.4 is 5.32 Å². The lowest BCUT2D eigenvalue weighted by atomic mass is 10.2. The maximum absolute atomic E-state index is 11.7. The molecular weight excluding hydrogens is 291 g/mol. The molecular formula is C11H10BrClN2O. The molecule has 1 amide bonds. The molecule has 1 aromatic heterocycles. The summed E-state index contributed by atoms with van der Waals surface area (Å²) in [5, 5.41) is 2.91. The number of carbonyl (C=O) groups is 1. The predicted molar refractivity (Wildman–Crippen MR) is 67.3 cm³/mol. The van der Waals surface area contributed by atoms with Gasteiger partial charge in [0.2, 0.25) is 0 Å². The van der Waals surface area contributed by atoms with Gasteiger partial charge < -0.3 is 5.32 Å². The van der Waals surface area contributed by atoms with Crippen molar-refractivity contribution in [2.75, 3.05) is 6.54 Å². The highest BCUT2D eigenvalue weighted by Gasteiger charge is 2.10. The van der Waals surface area contributed by atoms with Crippen molar-refractivity contribution in [2.45, 2.75) is 13.3 Å². The third-order valence-electron chi connectivity index (χ3n) is 1.76. The van der Waals surface area contributed by atoms with Crippen LogP contribution in [0.2, 0.25) is 5.15 Å². The van der Waals surface area contributed by atoms with Crippen LogP contribution in [0.3, 0.4) is 0 Å². The average Bonchev–Trinajstić information content (AvgIpc) is 2.27. The Morgan fingerprint density at radius 2 is 2.44 bits per heavy atom. The van der Waals surface area contributed by atoms with Gasteiger partial charge >= 0.3 is 0 Å². The van der Waals surface area contributed by atoms with E-state index in [1.54, 1.807) is 19.2 Å². The normalized spacial score (nSPS) is 9.19. The molecule has 0 radical (unpaired) electrons. The minimum absolute atomic E-state index is 0.197. The predicted octanol–water partition coefficient (Wildman–Crippen LogP) is 2.64. The van der Waals surface area contributed by atoms with Crippen molar-refractivity contribution in [1.29, 1.82) is 0 Å². The smallest absolute Gasteiger partial charge is 0.254 e. The maximum Gasteiger partial charge on any atom is 0.254 e. The first-order valence-electron chi connectivity index (χ1n) is 4.64. The molecule has 0 fully saturated rings. The van der Waals surface area contributed by atoms with Gasteiger partial charge in [0.25, 0.3) is 5.91 Å². The van der Waals surface area contributed by atoms with Crippen molar-refractivity contribution in [2.24, 2.45) is 0 Å². The summed E-state index contributed by atoms with van der Waals surface area (Å²) in [6, 6.07) is 1.64. The van der Waals surface area contributed by atoms with E-state index >= 15 is 0 Å². The van der Waals surface area contributed by atoms with Crippen molar-refractivity contribution in [3.63, 3.8) is 0 Å². The van der Waals surface area contributed by atoms with Crippen molar-refractivity contribution in [1.82, 2.24) is 10.3 Å². The number of pyridine rings is 1.